The summed E-state index contributed by atoms with van der Waals surface area (Å²) in [5, 5.41) is 1.03. The molecular formula is C55H45N3O9S2. The Morgan fingerprint density at radius 3 is 1.58 bits per heavy atom. The van der Waals surface area contributed by atoms with Crippen molar-refractivity contribution in [1.82, 2.24) is 15.0 Å². The van der Waals surface area contributed by atoms with Crippen LogP contribution in [0.4, 0.5) is 0 Å². The first-order valence-electron chi connectivity index (χ1n) is 21.8. The first-order chi connectivity index (χ1) is 33.2. The van der Waals surface area contributed by atoms with Crippen molar-refractivity contribution in [3.05, 3.63) is 199 Å². The fourth-order valence-electron chi connectivity index (χ4n) is 7.77. The number of aryl methyl sites for hydroxylation is 1. The normalized spacial score (nSPS) is 11.8. The molecule has 1 N–H and O–H groups in total. The minimum absolute atomic E-state index is 0.0677. The SMILES string of the molecule is CCc1ccnc(-c2cccc(-c3cc(Oc4cc5cc(Oc6ccc(S(=O)(=O)c7ccc(Oc8ccc(C(C)(C)c9ccc(OC)cc9)cc8)cc7)cc6)ccc5cc4S(=O)(=O)O)ccn3)n2)c1. The van der Waals surface area contributed by atoms with Crippen LogP contribution in [0, 0.1) is 0 Å². The summed E-state index contributed by atoms with van der Waals surface area (Å²) in [5.41, 5.74) is 5.52. The van der Waals surface area contributed by atoms with E-state index in [0.29, 0.717) is 50.9 Å². The van der Waals surface area contributed by atoms with Gasteiger partial charge < -0.3 is 18.9 Å². The zero-order valence-corrected chi connectivity index (χ0v) is 39.5. The van der Waals surface area contributed by atoms with Crippen molar-refractivity contribution in [2.75, 3.05) is 7.11 Å². The first kappa shape index (κ1) is 46.2. The zero-order chi connectivity index (χ0) is 48.3. The second-order valence-electron chi connectivity index (χ2n) is 16.6. The Kier molecular flexibility index (Phi) is 12.7. The molecule has 3 heterocycles. The van der Waals surface area contributed by atoms with Crippen molar-refractivity contribution >= 4 is 30.7 Å². The zero-order valence-electron chi connectivity index (χ0n) is 37.9. The molecule has 6 aromatic carbocycles. The highest BCUT2D eigenvalue weighted by atomic mass is 32.2. The summed E-state index contributed by atoms with van der Waals surface area (Å²) in [7, 11) is -6.97. The minimum Gasteiger partial charge on any atom is -0.497 e. The van der Waals surface area contributed by atoms with Gasteiger partial charge in [-0.1, -0.05) is 57.2 Å². The third-order valence-electron chi connectivity index (χ3n) is 11.7. The number of nitrogens with zero attached hydrogens (tertiary/aromatic N) is 3. The third kappa shape index (κ3) is 10.2. The van der Waals surface area contributed by atoms with Crippen LogP contribution in [0.3, 0.4) is 0 Å². The van der Waals surface area contributed by atoms with Gasteiger partial charge in [0.15, 0.2) is 0 Å². The molecule has 0 bridgehead atoms. The van der Waals surface area contributed by atoms with E-state index in [9.17, 15) is 21.4 Å². The third-order valence-corrected chi connectivity index (χ3v) is 14.4. The Labute approximate surface area is 400 Å². The maximum absolute atomic E-state index is 13.7. The molecule has 0 amide bonds. The van der Waals surface area contributed by atoms with Gasteiger partial charge in [0.2, 0.25) is 9.84 Å². The van der Waals surface area contributed by atoms with E-state index in [-0.39, 0.29) is 26.7 Å². The number of pyridine rings is 3. The number of benzene rings is 6. The van der Waals surface area contributed by atoms with E-state index in [1.54, 1.807) is 74.0 Å². The molecule has 0 spiro atoms. The van der Waals surface area contributed by atoms with Gasteiger partial charge in [-0.05, 0) is 161 Å². The number of fused-ring (bicyclic) bond motifs is 1. The van der Waals surface area contributed by atoms with E-state index in [1.165, 1.54) is 42.6 Å². The number of rotatable bonds is 15. The van der Waals surface area contributed by atoms with Crippen LogP contribution in [0.1, 0.15) is 37.5 Å². The van der Waals surface area contributed by atoms with Crippen molar-refractivity contribution < 1.29 is 40.3 Å². The molecule has 0 atom stereocenters. The average molecular weight is 956 g/mol. The van der Waals surface area contributed by atoms with Crippen LogP contribution in [0.5, 0.6) is 40.2 Å². The molecule has 3 aromatic heterocycles. The summed E-state index contributed by atoms with van der Waals surface area (Å²) in [6, 6.07) is 48.5. The maximum atomic E-state index is 13.7. The predicted octanol–water partition coefficient (Wildman–Crippen LogP) is 12.7. The molecule has 0 radical (unpaired) electrons. The van der Waals surface area contributed by atoms with Crippen LogP contribution in [0.15, 0.2) is 197 Å². The number of aromatic nitrogens is 3. The molecule has 0 aliphatic carbocycles. The topological polar surface area (TPSA) is 164 Å². The lowest BCUT2D eigenvalue weighted by molar-refractivity contribution is 0.414. The van der Waals surface area contributed by atoms with Gasteiger partial charge in [-0.2, -0.15) is 8.42 Å². The van der Waals surface area contributed by atoms with Crippen molar-refractivity contribution in [2.24, 2.45) is 0 Å². The van der Waals surface area contributed by atoms with E-state index in [4.69, 9.17) is 23.9 Å². The molecule has 0 fully saturated rings. The molecule has 346 valence electrons. The molecule has 9 rings (SSSR count). The standard InChI is InChI=1S/C55H45N3O9S2/c1-5-36-27-29-56-51(31-36)49-7-6-8-50(58-49)52-35-46(28-30-57-52)67-53-33-38-32-45(14-9-37(38)34-54(53)69(61,62)63)66-44-21-25-48(26-22-44)68(59,60)47-23-19-43(20-24-47)65-42-17-12-40(13-18-42)55(2,3)39-10-15-41(64-4)16-11-39/h6-35H,5H2,1-4H3,(H,61,62,63). The Morgan fingerprint density at radius 2 is 1.01 bits per heavy atom. The molecule has 0 unspecified atom stereocenters. The quantitative estimate of drug-likeness (QED) is 0.0969. The Morgan fingerprint density at radius 1 is 0.507 bits per heavy atom. The van der Waals surface area contributed by atoms with E-state index in [2.05, 4.69) is 42.9 Å². The summed E-state index contributed by atoms with van der Waals surface area (Å²) < 4.78 is 86.5. The molecule has 0 aliphatic rings. The van der Waals surface area contributed by atoms with Crippen LogP contribution >= 0.6 is 0 Å². The Bertz CT molecular complexity index is 3550. The van der Waals surface area contributed by atoms with Gasteiger partial charge in [-0.25, -0.2) is 13.4 Å². The molecule has 9 aromatic rings. The number of sulfone groups is 1. The molecule has 0 saturated heterocycles. The molecule has 0 saturated carbocycles. The van der Waals surface area contributed by atoms with Crippen molar-refractivity contribution in [1.29, 1.82) is 0 Å². The van der Waals surface area contributed by atoms with Gasteiger partial charge in [0.1, 0.15) is 45.1 Å². The largest absolute Gasteiger partial charge is 0.497 e. The fraction of sp³-hybridized carbons (Fsp3) is 0.109. The van der Waals surface area contributed by atoms with Crippen molar-refractivity contribution in [2.45, 2.75) is 47.3 Å². The highest BCUT2D eigenvalue weighted by Gasteiger charge is 2.24. The second-order valence-corrected chi connectivity index (χ2v) is 19.9. The summed E-state index contributed by atoms with van der Waals surface area (Å²) in [6.45, 7) is 6.37. The highest BCUT2D eigenvalue weighted by Crippen LogP contribution is 2.38. The van der Waals surface area contributed by atoms with E-state index in [1.807, 2.05) is 60.7 Å². The van der Waals surface area contributed by atoms with Gasteiger partial charge in [0, 0.05) is 23.9 Å². The lowest BCUT2D eigenvalue weighted by Gasteiger charge is -2.26. The van der Waals surface area contributed by atoms with Gasteiger partial charge in [-0.15, -0.1) is 0 Å². The van der Waals surface area contributed by atoms with Gasteiger partial charge in [0.05, 0.1) is 39.7 Å². The van der Waals surface area contributed by atoms with Gasteiger partial charge >= 0.3 is 0 Å². The van der Waals surface area contributed by atoms with Crippen LogP contribution in [-0.4, -0.2) is 43.5 Å². The molecule has 0 aliphatic heterocycles. The lowest BCUT2D eigenvalue weighted by Crippen LogP contribution is -2.18. The molecular weight excluding hydrogens is 911 g/mol. The number of hydrogen-bond donors (Lipinski definition) is 1. The highest BCUT2D eigenvalue weighted by molar-refractivity contribution is 7.91. The van der Waals surface area contributed by atoms with Crippen LogP contribution < -0.4 is 18.9 Å². The van der Waals surface area contributed by atoms with Gasteiger partial charge in [0.25, 0.3) is 10.1 Å². The summed E-state index contributed by atoms with van der Waals surface area (Å²) >= 11 is 0. The second kappa shape index (κ2) is 19.0. The van der Waals surface area contributed by atoms with Crippen LogP contribution in [0.25, 0.3) is 33.5 Å². The Hall–Kier alpha value is -7.91. The van der Waals surface area contributed by atoms with E-state index >= 15 is 0 Å². The molecule has 12 nitrogen and oxygen atoms in total. The smallest absolute Gasteiger partial charge is 0.298 e. The fourth-order valence-corrected chi connectivity index (χ4v) is 9.66. The average Bonchev–Trinajstić information content (AvgIpc) is 3.36. The number of hydrogen-bond acceptors (Lipinski definition) is 11. The van der Waals surface area contributed by atoms with Crippen LogP contribution in [-0.2, 0) is 31.8 Å². The van der Waals surface area contributed by atoms with E-state index < -0.39 is 24.9 Å². The lowest BCUT2D eigenvalue weighted by atomic mass is 9.78. The minimum atomic E-state index is -4.72. The van der Waals surface area contributed by atoms with Gasteiger partial charge in [-0.3, -0.25) is 14.5 Å². The van der Waals surface area contributed by atoms with Crippen LogP contribution in [0.2, 0.25) is 0 Å². The van der Waals surface area contributed by atoms with E-state index in [0.717, 1.165) is 34.6 Å². The monoisotopic (exact) mass is 955 g/mol. The summed E-state index contributed by atoms with van der Waals surface area (Å²) in [6.07, 6.45) is 4.12. The summed E-state index contributed by atoms with van der Waals surface area (Å²) in [5.74, 6) is 2.76. The van der Waals surface area contributed by atoms with Crippen molar-refractivity contribution in [3.63, 3.8) is 0 Å². The maximum Gasteiger partial charge on any atom is 0.298 e. The van der Waals surface area contributed by atoms with Crippen molar-refractivity contribution in [3.8, 4) is 63.0 Å². The predicted molar refractivity (Wildman–Crippen MR) is 264 cm³/mol. The molecule has 69 heavy (non-hydrogen) atoms. The number of ether oxygens (including phenoxy) is 4. The number of methoxy groups -OCH3 is 1. The Balaban J connectivity index is 0.880. The summed E-state index contributed by atoms with van der Waals surface area (Å²) in [4.78, 5) is 13.5. The molecule has 14 heteroatoms. The first-order valence-corrected chi connectivity index (χ1v) is 24.8.